The van der Waals surface area contributed by atoms with Crippen molar-refractivity contribution in [2.75, 3.05) is 11.8 Å². The van der Waals surface area contributed by atoms with Crippen LogP contribution in [0.1, 0.15) is 0 Å². The first-order valence-electron chi connectivity index (χ1n) is 10.5. The van der Waals surface area contributed by atoms with Gasteiger partial charge in [-0.15, -0.1) is 0 Å². The molecule has 36 heavy (non-hydrogen) atoms. The molecule has 0 aliphatic heterocycles. The van der Waals surface area contributed by atoms with Crippen molar-refractivity contribution in [1.29, 1.82) is 0 Å². The third-order valence-electron chi connectivity index (χ3n) is 5.48. The van der Waals surface area contributed by atoms with Crippen LogP contribution in [0.15, 0.2) is 84.3 Å². The lowest BCUT2D eigenvalue weighted by atomic mass is 9.98. The number of aromatic nitrogens is 4. The van der Waals surface area contributed by atoms with Crippen molar-refractivity contribution in [3.8, 4) is 28.1 Å². The molecule has 11 heteroatoms. The first kappa shape index (κ1) is 23.2. The molecule has 0 fully saturated rings. The lowest BCUT2D eigenvalue weighted by Gasteiger charge is -2.16. The summed E-state index contributed by atoms with van der Waals surface area (Å²) >= 11 is 0. The highest BCUT2D eigenvalue weighted by Gasteiger charge is 2.24. The molecular formula is C25H17F2N5O3S. The van der Waals surface area contributed by atoms with Gasteiger partial charge in [0.2, 0.25) is 5.88 Å². The zero-order chi connectivity index (χ0) is 25.3. The molecule has 0 spiro atoms. The van der Waals surface area contributed by atoms with E-state index in [4.69, 9.17) is 4.74 Å². The monoisotopic (exact) mass is 505 g/mol. The number of benzene rings is 2. The molecule has 0 radical (unpaired) electrons. The molecule has 3 aromatic heterocycles. The van der Waals surface area contributed by atoms with Crippen molar-refractivity contribution in [2.45, 2.75) is 4.90 Å². The Morgan fingerprint density at radius 1 is 0.833 bits per heavy atom. The van der Waals surface area contributed by atoms with E-state index < -0.39 is 26.6 Å². The second-order valence-electron chi connectivity index (χ2n) is 7.64. The maximum Gasteiger partial charge on any atom is 0.265 e. The van der Waals surface area contributed by atoms with E-state index in [1.165, 1.54) is 13.3 Å². The van der Waals surface area contributed by atoms with Crippen molar-refractivity contribution in [3.05, 3.63) is 91.0 Å². The molecule has 1 N–H and O–H groups in total. The van der Waals surface area contributed by atoms with Crippen LogP contribution in [-0.4, -0.2) is 35.7 Å². The summed E-state index contributed by atoms with van der Waals surface area (Å²) in [5.41, 5.74) is 3.45. The van der Waals surface area contributed by atoms with Gasteiger partial charge in [0.25, 0.3) is 10.0 Å². The Morgan fingerprint density at radius 2 is 1.64 bits per heavy atom. The van der Waals surface area contributed by atoms with E-state index in [9.17, 15) is 17.2 Å². The number of fused-ring (bicyclic) bond motifs is 1. The van der Waals surface area contributed by atoms with Crippen LogP contribution in [0.3, 0.4) is 0 Å². The van der Waals surface area contributed by atoms with Crippen LogP contribution in [0.2, 0.25) is 0 Å². The van der Waals surface area contributed by atoms with Crippen LogP contribution in [0, 0.1) is 11.6 Å². The van der Waals surface area contributed by atoms with E-state index in [2.05, 4.69) is 24.9 Å². The van der Waals surface area contributed by atoms with E-state index in [-0.39, 0.29) is 11.6 Å². The Morgan fingerprint density at radius 3 is 2.39 bits per heavy atom. The van der Waals surface area contributed by atoms with Gasteiger partial charge < -0.3 is 4.74 Å². The minimum absolute atomic E-state index is 0.000840. The number of methoxy groups -OCH3 is 1. The summed E-state index contributed by atoms with van der Waals surface area (Å²) in [6.45, 7) is 0. The third kappa shape index (κ3) is 4.31. The SMILES string of the molecule is COc1nccc(-c2ccc3nccc(-c4ccnnc4)c3c2)c1NS(=O)(=O)c1ccc(F)cc1F. The third-order valence-corrected chi connectivity index (χ3v) is 6.86. The largest absolute Gasteiger partial charge is 0.479 e. The molecule has 180 valence electrons. The molecule has 3 heterocycles. The average Bonchev–Trinajstić information content (AvgIpc) is 2.88. The number of hydrogen-bond donors (Lipinski definition) is 1. The van der Waals surface area contributed by atoms with Crippen molar-refractivity contribution in [3.63, 3.8) is 0 Å². The Labute approximate surface area is 204 Å². The molecule has 0 aliphatic rings. The summed E-state index contributed by atoms with van der Waals surface area (Å²) in [6.07, 6.45) is 6.37. The smallest absolute Gasteiger partial charge is 0.265 e. The summed E-state index contributed by atoms with van der Waals surface area (Å²) in [5, 5.41) is 8.55. The van der Waals surface area contributed by atoms with Gasteiger partial charge in [0.1, 0.15) is 22.2 Å². The summed E-state index contributed by atoms with van der Waals surface area (Å²) in [4.78, 5) is 7.80. The second kappa shape index (κ2) is 9.27. The second-order valence-corrected chi connectivity index (χ2v) is 9.30. The van der Waals surface area contributed by atoms with E-state index in [0.29, 0.717) is 22.7 Å². The molecule has 5 aromatic rings. The van der Waals surface area contributed by atoms with E-state index >= 15 is 0 Å². The topological polar surface area (TPSA) is 107 Å². The van der Waals surface area contributed by atoms with E-state index in [0.717, 1.165) is 28.6 Å². The average molecular weight is 506 g/mol. The standard InChI is InChI=1S/C25H17F2N5O3S/c1-35-25-24(32-36(33,34)23-5-3-17(26)13-21(23)27)19(8-10-29-25)15-2-4-22-20(12-15)18(7-9-28-22)16-6-11-30-31-14-16/h2-14,32H,1H3. The van der Waals surface area contributed by atoms with Crippen molar-refractivity contribution < 1.29 is 21.9 Å². The van der Waals surface area contributed by atoms with Gasteiger partial charge in [-0.3, -0.25) is 9.71 Å². The Bertz CT molecular complexity index is 1700. The Hall–Kier alpha value is -4.51. The Kier molecular flexibility index (Phi) is 5.98. The van der Waals surface area contributed by atoms with Crippen LogP contribution in [0.25, 0.3) is 33.2 Å². The number of ether oxygens (including phenoxy) is 1. The maximum absolute atomic E-state index is 14.3. The number of halogens is 2. The zero-order valence-corrected chi connectivity index (χ0v) is 19.5. The summed E-state index contributed by atoms with van der Waals surface area (Å²) in [7, 11) is -3.12. The first-order valence-corrected chi connectivity index (χ1v) is 12.0. The highest BCUT2D eigenvalue weighted by molar-refractivity contribution is 7.92. The summed E-state index contributed by atoms with van der Waals surface area (Å²) in [5.74, 6) is -2.14. The van der Waals surface area contributed by atoms with Gasteiger partial charge in [-0.25, -0.2) is 22.2 Å². The first-order chi connectivity index (χ1) is 17.4. The lowest BCUT2D eigenvalue weighted by molar-refractivity contribution is 0.400. The van der Waals surface area contributed by atoms with Gasteiger partial charge in [0.15, 0.2) is 0 Å². The minimum Gasteiger partial charge on any atom is -0.479 e. The minimum atomic E-state index is -4.46. The Balaban J connectivity index is 1.66. The molecule has 0 saturated carbocycles. The molecule has 0 aliphatic carbocycles. The highest BCUT2D eigenvalue weighted by atomic mass is 32.2. The fourth-order valence-corrected chi connectivity index (χ4v) is 4.97. The quantitative estimate of drug-likeness (QED) is 0.352. The number of rotatable bonds is 6. The number of sulfonamides is 1. The molecule has 0 amide bonds. The number of hydrogen-bond acceptors (Lipinski definition) is 7. The van der Waals surface area contributed by atoms with E-state index in [1.807, 2.05) is 18.2 Å². The molecule has 0 unspecified atom stereocenters. The lowest BCUT2D eigenvalue weighted by Crippen LogP contribution is -2.16. The molecular weight excluding hydrogens is 488 g/mol. The van der Waals surface area contributed by atoms with Gasteiger partial charge in [0.05, 0.1) is 25.0 Å². The predicted molar refractivity (Wildman–Crippen MR) is 130 cm³/mol. The fraction of sp³-hybridized carbons (Fsp3) is 0.0400. The van der Waals surface area contributed by atoms with E-state index in [1.54, 1.807) is 36.8 Å². The van der Waals surface area contributed by atoms with Gasteiger partial charge in [-0.05, 0) is 53.6 Å². The number of nitrogens with zero attached hydrogens (tertiary/aromatic N) is 4. The normalized spacial score (nSPS) is 11.4. The van der Waals surface area contributed by atoms with Crippen molar-refractivity contribution >= 4 is 26.6 Å². The van der Waals surface area contributed by atoms with Crippen LogP contribution >= 0.6 is 0 Å². The van der Waals surface area contributed by atoms with Gasteiger partial charge in [-0.2, -0.15) is 10.2 Å². The fourth-order valence-electron chi connectivity index (χ4n) is 3.83. The van der Waals surface area contributed by atoms with Crippen LogP contribution in [0.4, 0.5) is 14.5 Å². The molecule has 2 aromatic carbocycles. The number of nitrogens with one attached hydrogen (secondary N) is 1. The van der Waals surface area contributed by atoms with Crippen molar-refractivity contribution in [2.24, 2.45) is 0 Å². The molecule has 0 bridgehead atoms. The zero-order valence-electron chi connectivity index (χ0n) is 18.7. The van der Waals surface area contributed by atoms with Crippen LogP contribution in [0.5, 0.6) is 5.88 Å². The predicted octanol–water partition coefficient (Wildman–Crippen LogP) is 4.84. The molecule has 8 nitrogen and oxygen atoms in total. The van der Waals surface area contributed by atoms with Crippen LogP contribution < -0.4 is 9.46 Å². The number of anilines is 1. The van der Waals surface area contributed by atoms with Gasteiger partial charge >= 0.3 is 0 Å². The van der Waals surface area contributed by atoms with Gasteiger partial charge in [-0.1, -0.05) is 6.07 Å². The van der Waals surface area contributed by atoms with Crippen molar-refractivity contribution in [1.82, 2.24) is 20.2 Å². The molecule has 0 atom stereocenters. The van der Waals surface area contributed by atoms with Crippen LogP contribution in [-0.2, 0) is 10.0 Å². The van der Waals surface area contributed by atoms with Gasteiger partial charge in [0, 0.05) is 35.0 Å². The number of pyridine rings is 2. The molecule has 0 saturated heterocycles. The summed E-state index contributed by atoms with van der Waals surface area (Å²) in [6, 6.07) is 12.9. The maximum atomic E-state index is 14.3. The molecule has 5 rings (SSSR count). The summed E-state index contributed by atoms with van der Waals surface area (Å²) < 4.78 is 61.4. The highest BCUT2D eigenvalue weighted by Crippen LogP contribution is 2.38.